The van der Waals surface area contributed by atoms with E-state index in [9.17, 15) is 4.55 Å². The van der Waals surface area contributed by atoms with Crippen LogP contribution in [0.1, 0.15) is 54.8 Å². The number of aromatic nitrogens is 3. The summed E-state index contributed by atoms with van der Waals surface area (Å²) in [5, 5.41) is 5.60. The lowest BCUT2D eigenvalue weighted by molar-refractivity contribution is 0.478. The smallest absolute Gasteiger partial charge is 0.232 e. The van der Waals surface area contributed by atoms with E-state index in [4.69, 9.17) is 10.7 Å². The number of pyridine rings is 1. The average molecular weight is 440 g/mol. The molecule has 2 aliphatic carbocycles. The maximum absolute atomic E-state index is 13.0. The SMILES string of the molecule is C=C(/C=N\c1nn(C)cc1C)c1cc(C2CC2)c2c(N)c([S+]([O-])C3CCC3)sc2n1. The molecule has 0 amide bonds. The Bertz CT molecular complexity index is 1170. The monoisotopic (exact) mass is 439 g/mol. The van der Waals surface area contributed by atoms with E-state index in [1.807, 2.05) is 20.2 Å². The van der Waals surface area contributed by atoms with Crippen LogP contribution in [0, 0.1) is 6.92 Å². The van der Waals surface area contributed by atoms with Gasteiger partial charge in [-0.25, -0.2) is 9.98 Å². The van der Waals surface area contributed by atoms with E-state index in [1.54, 1.807) is 10.9 Å². The van der Waals surface area contributed by atoms with Gasteiger partial charge in [-0.3, -0.25) is 4.68 Å². The number of thiophene rings is 1. The molecular formula is C22H25N5OS2. The van der Waals surface area contributed by atoms with Crippen LogP contribution in [0.4, 0.5) is 11.5 Å². The lowest BCUT2D eigenvalue weighted by atomic mass is 10.00. The van der Waals surface area contributed by atoms with Crippen LogP contribution in [-0.4, -0.2) is 30.8 Å². The lowest BCUT2D eigenvalue weighted by Crippen LogP contribution is -2.28. The van der Waals surface area contributed by atoms with Gasteiger partial charge in [-0.1, -0.05) is 17.9 Å². The zero-order chi connectivity index (χ0) is 21.0. The zero-order valence-electron chi connectivity index (χ0n) is 17.2. The molecule has 3 heterocycles. The zero-order valence-corrected chi connectivity index (χ0v) is 18.9. The van der Waals surface area contributed by atoms with Gasteiger partial charge in [0.15, 0.2) is 5.82 Å². The van der Waals surface area contributed by atoms with E-state index in [0.717, 1.165) is 63.4 Å². The average Bonchev–Trinajstić information content (AvgIpc) is 3.39. The topological polar surface area (TPSA) is 92.2 Å². The van der Waals surface area contributed by atoms with Gasteiger partial charge in [-0.05, 0) is 56.6 Å². The first-order valence-corrected chi connectivity index (χ1v) is 12.3. The number of allylic oxidation sites excluding steroid dienone is 1. The molecule has 0 spiro atoms. The largest absolute Gasteiger partial charge is 0.611 e. The molecule has 2 fully saturated rings. The number of nitrogens with zero attached hydrogens (tertiary/aromatic N) is 4. The van der Waals surface area contributed by atoms with Crippen molar-refractivity contribution in [2.24, 2.45) is 12.0 Å². The summed E-state index contributed by atoms with van der Waals surface area (Å²) in [6.45, 7) is 6.17. The van der Waals surface area contributed by atoms with Crippen molar-refractivity contribution in [3.05, 3.63) is 35.7 Å². The molecule has 0 saturated heterocycles. The van der Waals surface area contributed by atoms with Crippen molar-refractivity contribution in [3.8, 4) is 0 Å². The minimum absolute atomic E-state index is 0.243. The summed E-state index contributed by atoms with van der Waals surface area (Å²) in [6.07, 6.45) is 9.17. The number of nitrogen functional groups attached to an aromatic ring is 1. The van der Waals surface area contributed by atoms with Gasteiger partial charge in [-0.15, -0.1) is 0 Å². The molecule has 30 heavy (non-hydrogen) atoms. The van der Waals surface area contributed by atoms with Gasteiger partial charge in [-0.2, -0.15) is 5.10 Å². The molecular weight excluding hydrogens is 414 g/mol. The summed E-state index contributed by atoms with van der Waals surface area (Å²) in [7, 11) is 1.88. The lowest BCUT2D eigenvalue weighted by Gasteiger charge is -2.27. The Balaban J connectivity index is 1.53. The van der Waals surface area contributed by atoms with Gasteiger partial charge in [0.25, 0.3) is 0 Å². The quantitative estimate of drug-likeness (QED) is 0.438. The first-order valence-electron chi connectivity index (χ1n) is 10.3. The van der Waals surface area contributed by atoms with Crippen LogP contribution < -0.4 is 5.73 Å². The first-order chi connectivity index (χ1) is 14.4. The number of fused-ring (bicyclic) bond motifs is 1. The maximum atomic E-state index is 13.0. The van der Waals surface area contributed by atoms with Gasteiger partial charge in [0.1, 0.15) is 15.8 Å². The summed E-state index contributed by atoms with van der Waals surface area (Å²) in [5.41, 5.74) is 10.9. The van der Waals surface area contributed by atoms with Crippen LogP contribution in [0.3, 0.4) is 0 Å². The Morgan fingerprint density at radius 2 is 2.17 bits per heavy atom. The van der Waals surface area contributed by atoms with Crippen LogP contribution >= 0.6 is 11.3 Å². The Morgan fingerprint density at radius 3 is 2.77 bits per heavy atom. The summed E-state index contributed by atoms with van der Waals surface area (Å²) in [4.78, 5) is 10.2. The van der Waals surface area contributed by atoms with Crippen molar-refractivity contribution in [1.82, 2.24) is 14.8 Å². The highest BCUT2D eigenvalue weighted by Crippen LogP contribution is 2.49. The Hall–Kier alpha value is -2.16. The van der Waals surface area contributed by atoms with E-state index in [1.165, 1.54) is 16.9 Å². The second-order valence-electron chi connectivity index (χ2n) is 8.30. The molecule has 0 aliphatic heterocycles. The summed E-state index contributed by atoms with van der Waals surface area (Å²) in [5.74, 6) is 1.18. The summed E-state index contributed by atoms with van der Waals surface area (Å²) >= 11 is 0.445. The third-order valence-corrected chi connectivity index (χ3v) is 9.21. The molecule has 2 N–H and O–H groups in total. The van der Waals surface area contributed by atoms with Crippen molar-refractivity contribution in [2.75, 3.05) is 5.73 Å². The van der Waals surface area contributed by atoms with Crippen LogP contribution in [0.25, 0.3) is 15.8 Å². The molecule has 0 bridgehead atoms. The highest BCUT2D eigenvalue weighted by atomic mass is 32.2. The van der Waals surface area contributed by atoms with Crippen molar-refractivity contribution in [2.45, 2.75) is 54.4 Å². The van der Waals surface area contributed by atoms with E-state index in [2.05, 4.69) is 22.7 Å². The van der Waals surface area contributed by atoms with Crippen molar-refractivity contribution in [1.29, 1.82) is 0 Å². The number of aliphatic imine (C=N–C) groups is 1. The van der Waals surface area contributed by atoms with Crippen LogP contribution in [-0.2, 0) is 18.2 Å². The van der Waals surface area contributed by atoms with Gasteiger partial charge in [0, 0.05) is 47.2 Å². The van der Waals surface area contributed by atoms with Crippen molar-refractivity contribution < 1.29 is 4.55 Å². The number of aryl methyl sites for hydroxylation is 2. The Kier molecular flexibility index (Phi) is 4.95. The third-order valence-electron chi connectivity index (χ3n) is 5.91. The third kappa shape index (κ3) is 3.46. The summed E-state index contributed by atoms with van der Waals surface area (Å²) in [6, 6.07) is 2.10. The fourth-order valence-corrected chi connectivity index (χ4v) is 7.04. The Morgan fingerprint density at radius 1 is 1.40 bits per heavy atom. The minimum Gasteiger partial charge on any atom is -0.611 e. The number of rotatable bonds is 6. The number of nitrogens with two attached hydrogens (primary N) is 1. The fourth-order valence-electron chi connectivity index (χ4n) is 3.82. The maximum Gasteiger partial charge on any atom is 0.232 e. The fraction of sp³-hybridized carbons (Fsp3) is 0.409. The predicted octanol–water partition coefficient (Wildman–Crippen LogP) is 4.87. The molecule has 2 aliphatic rings. The van der Waals surface area contributed by atoms with Crippen molar-refractivity contribution in [3.63, 3.8) is 0 Å². The Labute approximate surface area is 183 Å². The normalized spacial score (nSPS) is 18.2. The van der Waals surface area contributed by atoms with Gasteiger partial charge in [0.2, 0.25) is 4.21 Å². The van der Waals surface area contributed by atoms with Gasteiger partial charge in [0.05, 0.1) is 5.69 Å². The molecule has 6 nitrogen and oxygen atoms in total. The first kappa shape index (κ1) is 19.8. The highest BCUT2D eigenvalue weighted by molar-refractivity contribution is 7.94. The molecule has 2 saturated carbocycles. The van der Waals surface area contributed by atoms with Crippen LogP contribution in [0.5, 0.6) is 0 Å². The standard InChI is InChI=1S/C22H25N5OS2/c1-12(10-24-20-13(2)11-27(3)26-20)17-9-16(14-7-8-14)18-19(23)22(29-21(18)25-17)30(28)15-5-4-6-15/h9-11,14-15H,1,4-8,23H2,2-3H3/b24-10-. The molecule has 3 aromatic heterocycles. The van der Waals surface area contributed by atoms with Crippen molar-refractivity contribution >= 4 is 56.0 Å². The number of hydrogen-bond acceptors (Lipinski definition) is 6. The minimum atomic E-state index is -1.04. The number of hydrogen-bond donors (Lipinski definition) is 1. The van der Waals surface area contributed by atoms with E-state index in [-0.39, 0.29) is 5.25 Å². The molecule has 3 aromatic rings. The van der Waals surface area contributed by atoms with Crippen LogP contribution in [0.2, 0.25) is 0 Å². The highest BCUT2D eigenvalue weighted by Gasteiger charge is 2.36. The molecule has 8 heteroatoms. The predicted molar refractivity (Wildman–Crippen MR) is 125 cm³/mol. The van der Waals surface area contributed by atoms with E-state index in [0.29, 0.717) is 17.4 Å². The molecule has 0 radical (unpaired) electrons. The molecule has 5 rings (SSSR count). The van der Waals surface area contributed by atoms with Crippen LogP contribution in [0.15, 0.2) is 28.0 Å². The van der Waals surface area contributed by atoms with E-state index < -0.39 is 11.2 Å². The van der Waals surface area contributed by atoms with E-state index >= 15 is 0 Å². The molecule has 1 atom stereocenters. The second-order valence-corrected chi connectivity index (χ2v) is 11.2. The second kappa shape index (κ2) is 7.51. The van der Waals surface area contributed by atoms with Gasteiger partial charge < -0.3 is 10.3 Å². The number of anilines is 1. The molecule has 1 unspecified atom stereocenters. The molecule has 156 valence electrons. The summed E-state index contributed by atoms with van der Waals surface area (Å²) < 4.78 is 15.5. The molecule has 0 aromatic carbocycles. The van der Waals surface area contributed by atoms with Gasteiger partial charge >= 0.3 is 0 Å².